The van der Waals surface area contributed by atoms with E-state index < -0.39 is 5.82 Å². The number of nitrogens with zero attached hydrogens (tertiary/aromatic N) is 3. The second-order valence-electron chi connectivity index (χ2n) is 7.79. The Labute approximate surface area is 171 Å². The van der Waals surface area contributed by atoms with Crippen LogP contribution in [0.4, 0.5) is 4.39 Å². The molecule has 0 spiro atoms. The van der Waals surface area contributed by atoms with Crippen LogP contribution in [0.3, 0.4) is 0 Å². The first kappa shape index (κ1) is 21.1. The van der Waals surface area contributed by atoms with Crippen molar-refractivity contribution in [2.75, 3.05) is 39.3 Å². The molecule has 0 unspecified atom stereocenters. The van der Waals surface area contributed by atoms with Crippen LogP contribution in [0, 0.1) is 5.82 Å². The van der Waals surface area contributed by atoms with Crippen molar-refractivity contribution in [1.29, 1.82) is 0 Å². The number of carbonyl (C=O) groups excluding carboxylic acids is 2. The lowest BCUT2D eigenvalue weighted by Crippen LogP contribution is -2.53. The summed E-state index contributed by atoms with van der Waals surface area (Å²) in [5.41, 5.74) is -0.00385. The monoisotopic (exact) mass is 409 g/mol. The van der Waals surface area contributed by atoms with E-state index in [9.17, 15) is 14.0 Å². The molecule has 7 heteroatoms. The van der Waals surface area contributed by atoms with E-state index in [1.165, 1.54) is 37.5 Å². The molecule has 1 aromatic carbocycles. The second-order valence-corrected chi connectivity index (χ2v) is 8.22. The number of hydrogen-bond donors (Lipinski definition) is 0. The molecular weight excluding hydrogens is 381 g/mol. The van der Waals surface area contributed by atoms with E-state index in [0.717, 1.165) is 32.5 Å². The van der Waals surface area contributed by atoms with Crippen molar-refractivity contribution in [3.8, 4) is 0 Å². The predicted octanol–water partition coefficient (Wildman–Crippen LogP) is 3.42. The molecule has 154 valence electrons. The Balaban J connectivity index is 1.65. The third-order valence-electron chi connectivity index (χ3n) is 5.79. The summed E-state index contributed by atoms with van der Waals surface area (Å²) in [6.45, 7) is 6.32. The van der Waals surface area contributed by atoms with Gasteiger partial charge < -0.3 is 14.7 Å². The van der Waals surface area contributed by atoms with Crippen molar-refractivity contribution < 1.29 is 14.0 Å². The number of piperidine rings is 2. The van der Waals surface area contributed by atoms with Crippen molar-refractivity contribution in [2.45, 2.75) is 45.1 Å². The molecule has 2 aliphatic heterocycles. The maximum Gasteiger partial charge on any atom is 0.256 e. The minimum Gasteiger partial charge on any atom is -0.337 e. The van der Waals surface area contributed by atoms with Crippen molar-refractivity contribution in [1.82, 2.24) is 14.7 Å². The van der Waals surface area contributed by atoms with E-state index in [-0.39, 0.29) is 23.4 Å². The van der Waals surface area contributed by atoms with Crippen LogP contribution >= 0.6 is 11.6 Å². The molecule has 1 atom stereocenters. The van der Waals surface area contributed by atoms with Crippen LogP contribution < -0.4 is 0 Å². The molecule has 2 heterocycles. The van der Waals surface area contributed by atoms with Gasteiger partial charge >= 0.3 is 0 Å². The SMILES string of the molecule is CC(=O)N(CCN1CCCCC1)[C@H]1CCCN(C(=O)c2cc(Cl)ccc2F)C1. The summed E-state index contributed by atoms with van der Waals surface area (Å²) in [6.07, 6.45) is 5.38. The van der Waals surface area contributed by atoms with Gasteiger partial charge in [-0.1, -0.05) is 18.0 Å². The summed E-state index contributed by atoms with van der Waals surface area (Å²) >= 11 is 5.94. The second kappa shape index (κ2) is 9.70. The minimum atomic E-state index is -0.565. The van der Waals surface area contributed by atoms with Crippen LogP contribution in [-0.2, 0) is 4.79 Å². The maximum atomic E-state index is 14.1. The number of benzene rings is 1. The summed E-state index contributed by atoms with van der Waals surface area (Å²) in [5, 5.41) is 0.338. The van der Waals surface area contributed by atoms with Crippen LogP contribution in [0.2, 0.25) is 5.02 Å². The van der Waals surface area contributed by atoms with E-state index in [2.05, 4.69) is 4.90 Å². The molecule has 0 aromatic heterocycles. The fourth-order valence-corrected chi connectivity index (χ4v) is 4.43. The Bertz CT molecular complexity index is 709. The number of likely N-dealkylation sites (tertiary alicyclic amines) is 2. The zero-order chi connectivity index (χ0) is 20.1. The van der Waals surface area contributed by atoms with Gasteiger partial charge in [-0.15, -0.1) is 0 Å². The summed E-state index contributed by atoms with van der Waals surface area (Å²) in [5.74, 6) is -0.889. The van der Waals surface area contributed by atoms with E-state index in [1.807, 2.05) is 4.90 Å². The summed E-state index contributed by atoms with van der Waals surface area (Å²) in [7, 11) is 0. The molecular formula is C21H29ClFN3O2. The molecule has 5 nitrogen and oxygen atoms in total. The lowest BCUT2D eigenvalue weighted by molar-refractivity contribution is -0.132. The first-order valence-corrected chi connectivity index (χ1v) is 10.6. The molecule has 2 amide bonds. The first-order valence-electron chi connectivity index (χ1n) is 10.2. The quantitative estimate of drug-likeness (QED) is 0.748. The molecule has 2 saturated heterocycles. The standard InChI is InChI=1S/C21H29ClFN3O2/c1-16(27)26(13-12-24-9-3-2-4-10-24)18-6-5-11-25(15-18)21(28)19-14-17(22)7-8-20(19)23/h7-8,14,18H,2-6,9-13,15H2,1H3/t18-/m0/s1. The highest BCUT2D eigenvalue weighted by molar-refractivity contribution is 6.31. The van der Waals surface area contributed by atoms with E-state index in [0.29, 0.717) is 24.7 Å². The summed E-state index contributed by atoms with van der Waals surface area (Å²) in [4.78, 5) is 31.1. The number of rotatable bonds is 5. The van der Waals surface area contributed by atoms with Crippen molar-refractivity contribution >= 4 is 23.4 Å². The number of hydrogen-bond acceptors (Lipinski definition) is 3. The maximum absolute atomic E-state index is 14.1. The largest absolute Gasteiger partial charge is 0.337 e. The van der Waals surface area contributed by atoms with E-state index in [1.54, 1.807) is 11.8 Å². The molecule has 2 aliphatic rings. The van der Waals surface area contributed by atoms with Crippen molar-refractivity contribution in [3.63, 3.8) is 0 Å². The fourth-order valence-electron chi connectivity index (χ4n) is 4.25. The van der Waals surface area contributed by atoms with Crippen LogP contribution in [0.25, 0.3) is 0 Å². The molecule has 3 rings (SSSR count). The van der Waals surface area contributed by atoms with Crippen LogP contribution in [0.1, 0.15) is 49.4 Å². The highest BCUT2D eigenvalue weighted by Gasteiger charge is 2.31. The minimum absolute atomic E-state index is 0.00385. The number of amides is 2. The van der Waals surface area contributed by atoms with Gasteiger partial charge in [-0.25, -0.2) is 4.39 Å². The average Bonchev–Trinajstić information content (AvgIpc) is 2.70. The van der Waals surface area contributed by atoms with Crippen molar-refractivity contribution in [3.05, 3.63) is 34.6 Å². The van der Waals surface area contributed by atoms with Crippen LogP contribution in [0.15, 0.2) is 18.2 Å². The van der Waals surface area contributed by atoms with Gasteiger partial charge in [0.2, 0.25) is 5.91 Å². The zero-order valence-electron chi connectivity index (χ0n) is 16.5. The average molecular weight is 410 g/mol. The summed E-state index contributed by atoms with van der Waals surface area (Å²) < 4.78 is 14.1. The fraction of sp³-hybridized carbons (Fsp3) is 0.619. The lowest BCUT2D eigenvalue weighted by Gasteiger charge is -2.40. The Hall–Kier alpha value is -1.66. The normalized spacial score (nSPS) is 20.8. The third kappa shape index (κ3) is 5.23. The van der Waals surface area contributed by atoms with Gasteiger partial charge in [0, 0.05) is 44.2 Å². The molecule has 2 fully saturated rings. The van der Waals surface area contributed by atoms with Gasteiger partial charge in [0.1, 0.15) is 5.82 Å². The number of carbonyl (C=O) groups is 2. The first-order chi connectivity index (χ1) is 13.5. The Morgan fingerprint density at radius 2 is 1.93 bits per heavy atom. The third-order valence-corrected chi connectivity index (χ3v) is 6.03. The summed E-state index contributed by atoms with van der Waals surface area (Å²) in [6, 6.07) is 4.01. The van der Waals surface area contributed by atoms with Gasteiger partial charge in [0.25, 0.3) is 5.91 Å². The van der Waals surface area contributed by atoms with Gasteiger partial charge in [-0.2, -0.15) is 0 Å². The van der Waals surface area contributed by atoms with E-state index in [4.69, 9.17) is 11.6 Å². The molecule has 1 aromatic rings. The number of halogens is 2. The molecule has 0 radical (unpaired) electrons. The molecule has 0 saturated carbocycles. The van der Waals surface area contributed by atoms with Crippen molar-refractivity contribution in [2.24, 2.45) is 0 Å². The molecule has 0 aliphatic carbocycles. The van der Waals surface area contributed by atoms with E-state index >= 15 is 0 Å². The highest BCUT2D eigenvalue weighted by atomic mass is 35.5. The zero-order valence-corrected chi connectivity index (χ0v) is 17.3. The van der Waals surface area contributed by atoms with Gasteiger partial charge in [-0.3, -0.25) is 9.59 Å². The van der Waals surface area contributed by atoms with Crippen LogP contribution in [-0.4, -0.2) is 71.8 Å². The molecule has 0 N–H and O–H groups in total. The smallest absolute Gasteiger partial charge is 0.256 e. The predicted molar refractivity (Wildman–Crippen MR) is 108 cm³/mol. The van der Waals surface area contributed by atoms with Gasteiger partial charge in [0.15, 0.2) is 0 Å². The van der Waals surface area contributed by atoms with Gasteiger partial charge in [-0.05, 0) is 57.0 Å². The Morgan fingerprint density at radius 3 is 2.64 bits per heavy atom. The topological polar surface area (TPSA) is 43.9 Å². The lowest BCUT2D eigenvalue weighted by atomic mass is 10.0. The van der Waals surface area contributed by atoms with Gasteiger partial charge in [0.05, 0.1) is 5.56 Å². The van der Waals surface area contributed by atoms with Crippen LogP contribution in [0.5, 0.6) is 0 Å². The highest BCUT2D eigenvalue weighted by Crippen LogP contribution is 2.22. The molecule has 28 heavy (non-hydrogen) atoms. The Kier molecular flexibility index (Phi) is 7.30. The molecule has 0 bridgehead atoms. The Morgan fingerprint density at radius 1 is 1.18 bits per heavy atom.